The first kappa shape index (κ1) is 36.7. The van der Waals surface area contributed by atoms with Gasteiger partial charge in [-0.15, -0.1) is 0 Å². The monoisotopic (exact) mass is 668 g/mol. The van der Waals surface area contributed by atoms with Crippen LogP contribution in [0.4, 0.5) is 0 Å². The summed E-state index contributed by atoms with van der Waals surface area (Å²) in [6.45, 7) is 13.6. The number of aryl methyl sites for hydroxylation is 6. The van der Waals surface area contributed by atoms with Crippen molar-refractivity contribution < 1.29 is 13.6 Å². The van der Waals surface area contributed by atoms with Crippen molar-refractivity contribution in [2.75, 3.05) is 0 Å². The Labute approximate surface area is 293 Å². The van der Waals surface area contributed by atoms with Crippen molar-refractivity contribution in [3.63, 3.8) is 0 Å². The smallest absolute Gasteiger partial charge is 0.417 e. The summed E-state index contributed by atoms with van der Waals surface area (Å²) >= 11 is 0. The summed E-state index contributed by atoms with van der Waals surface area (Å²) < 4.78 is 20.9. The Bertz CT molecular complexity index is 1510. The molecular formula is C44H61O3P. The second kappa shape index (κ2) is 18.4. The van der Waals surface area contributed by atoms with Crippen LogP contribution in [-0.4, -0.2) is 6.10 Å². The van der Waals surface area contributed by atoms with Gasteiger partial charge in [0.25, 0.3) is 0 Å². The van der Waals surface area contributed by atoms with Gasteiger partial charge in [-0.25, -0.2) is 0 Å². The Morgan fingerprint density at radius 3 is 1.31 bits per heavy atom. The average Bonchev–Trinajstić information content (AvgIpc) is 3.07. The summed E-state index contributed by atoms with van der Waals surface area (Å²) in [5.41, 5.74) is 8.25. The van der Waals surface area contributed by atoms with Crippen molar-refractivity contribution >= 4 is 30.1 Å². The van der Waals surface area contributed by atoms with Crippen LogP contribution in [0.15, 0.2) is 48.5 Å². The van der Waals surface area contributed by atoms with Crippen LogP contribution in [0.2, 0.25) is 0 Å². The molecule has 0 spiro atoms. The molecular weight excluding hydrogens is 607 g/mol. The second-order valence-corrected chi connectivity index (χ2v) is 15.2. The molecule has 1 fully saturated rings. The minimum atomic E-state index is -1.66. The van der Waals surface area contributed by atoms with Crippen LogP contribution in [0.3, 0.4) is 0 Å². The van der Waals surface area contributed by atoms with E-state index < -0.39 is 8.60 Å². The molecule has 0 atom stereocenters. The Morgan fingerprint density at radius 2 is 0.896 bits per heavy atom. The third-order valence-corrected chi connectivity index (χ3v) is 11.0. The summed E-state index contributed by atoms with van der Waals surface area (Å²) in [6, 6.07) is 19.1. The molecule has 5 rings (SSSR count). The number of hydrogen-bond acceptors (Lipinski definition) is 3. The molecule has 1 saturated carbocycles. The van der Waals surface area contributed by atoms with Crippen LogP contribution in [0.5, 0.6) is 11.5 Å². The molecule has 0 heterocycles. The standard InChI is InChI=1S/C44H61O3P/c1-7-16-32-24-34(18-9-3)41-30-43(36(20-11-5)28-38(41)26-32)46-48(45-40-22-14-13-15-23-40)47-44-31-42-35(19-10-4)25-33(17-8-2)27-39(42)29-37(44)21-12-6/h24-31,40H,7-23H2,1-6H3. The van der Waals surface area contributed by atoms with E-state index in [9.17, 15) is 0 Å². The quantitative estimate of drug-likeness (QED) is 0.0988. The molecule has 0 radical (unpaired) electrons. The van der Waals surface area contributed by atoms with E-state index in [-0.39, 0.29) is 6.10 Å². The molecule has 0 bridgehead atoms. The fourth-order valence-electron chi connectivity index (χ4n) is 7.60. The van der Waals surface area contributed by atoms with Crippen LogP contribution in [0.1, 0.15) is 146 Å². The Morgan fingerprint density at radius 1 is 0.479 bits per heavy atom. The third-order valence-electron chi connectivity index (χ3n) is 9.85. The van der Waals surface area contributed by atoms with Crippen LogP contribution in [0.25, 0.3) is 21.5 Å². The van der Waals surface area contributed by atoms with Crippen molar-refractivity contribution in [2.24, 2.45) is 0 Å². The van der Waals surface area contributed by atoms with Crippen LogP contribution in [-0.2, 0) is 43.0 Å². The van der Waals surface area contributed by atoms with Gasteiger partial charge < -0.3 is 9.05 Å². The maximum absolute atomic E-state index is 7.02. The lowest BCUT2D eigenvalue weighted by Crippen LogP contribution is -2.17. The lowest BCUT2D eigenvalue weighted by molar-refractivity contribution is 0.138. The molecule has 0 saturated heterocycles. The first-order valence-corrected chi connectivity index (χ1v) is 20.6. The Balaban J connectivity index is 1.58. The van der Waals surface area contributed by atoms with E-state index in [4.69, 9.17) is 13.6 Å². The Hall–Kier alpha value is -2.61. The molecule has 48 heavy (non-hydrogen) atoms. The van der Waals surface area contributed by atoms with Gasteiger partial charge in [0.05, 0.1) is 6.10 Å². The van der Waals surface area contributed by atoms with Gasteiger partial charge in [0.2, 0.25) is 0 Å². The highest BCUT2D eigenvalue weighted by Crippen LogP contribution is 2.48. The minimum Gasteiger partial charge on any atom is -0.417 e. The largest absolute Gasteiger partial charge is 0.463 e. The van der Waals surface area contributed by atoms with E-state index >= 15 is 0 Å². The lowest BCUT2D eigenvalue weighted by atomic mass is 9.94. The number of rotatable bonds is 18. The van der Waals surface area contributed by atoms with Crippen LogP contribution in [0, 0.1) is 0 Å². The van der Waals surface area contributed by atoms with Crippen molar-refractivity contribution in [3.05, 3.63) is 81.9 Å². The molecule has 4 aromatic carbocycles. The summed E-state index contributed by atoms with van der Waals surface area (Å²) in [6.07, 6.45) is 19.1. The van der Waals surface area contributed by atoms with Gasteiger partial charge in [0.15, 0.2) is 0 Å². The van der Waals surface area contributed by atoms with Crippen molar-refractivity contribution in [1.29, 1.82) is 0 Å². The summed E-state index contributed by atoms with van der Waals surface area (Å²) in [5.74, 6) is 1.86. The molecule has 0 aromatic heterocycles. The fourth-order valence-corrected chi connectivity index (χ4v) is 8.84. The van der Waals surface area contributed by atoms with Gasteiger partial charge in [-0.2, -0.15) is 0 Å². The highest BCUT2D eigenvalue weighted by Gasteiger charge is 2.27. The molecule has 1 aliphatic rings. The van der Waals surface area contributed by atoms with Crippen molar-refractivity contribution in [3.8, 4) is 11.5 Å². The zero-order chi connectivity index (χ0) is 33.9. The number of fused-ring (bicyclic) bond motifs is 2. The average molecular weight is 669 g/mol. The lowest BCUT2D eigenvalue weighted by Gasteiger charge is -2.27. The van der Waals surface area contributed by atoms with Crippen LogP contribution < -0.4 is 9.05 Å². The predicted molar refractivity (Wildman–Crippen MR) is 208 cm³/mol. The maximum Gasteiger partial charge on any atom is 0.463 e. The zero-order valence-electron chi connectivity index (χ0n) is 30.9. The van der Waals surface area contributed by atoms with Crippen LogP contribution >= 0.6 is 8.60 Å². The SMILES string of the molecule is CCCc1cc(CCC)c2cc(OP(Oc3cc4c(CCC)cc(CCC)cc4cc3CCC)OC3CCCCC3)c(CCC)cc2c1. The van der Waals surface area contributed by atoms with Gasteiger partial charge in [-0.05, 0) is 131 Å². The normalized spacial score (nSPS) is 14.0. The summed E-state index contributed by atoms with van der Waals surface area (Å²) in [5, 5.41) is 5.29. The molecule has 0 aliphatic heterocycles. The van der Waals surface area contributed by atoms with E-state index in [1.165, 1.54) is 74.2 Å². The topological polar surface area (TPSA) is 27.7 Å². The van der Waals surface area contributed by atoms with Crippen molar-refractivity contribution in [1.82, 2.24) is 0 Å². The van der Waals surface area contributed by atoms with Gasteiger partial charge >= 0.3 is 8.60 Å². The number of hydrogen-bond donors (Lipinski definition) is 0. The molecule has 0 unspecified atom stereocenters. The fraction of sp³-hybridized carbons (Fsp3) is 0.545. The zero-order valence-corrected chi connectivity index (χ0v) is 31.8. The van der Waals surface area contributed by atoms with E-state index in [1.54, 1.807) is 0 Å². The molecule has 1 aliphatic carbocycles. The maximum atomic E-state index is 7.02. The van der Waals surface area contributed by atoms with Gasteiger partial charge in [0.1, 0.15) is 11.5 Å². The van der Waals surface area contributed by atoms with Crippen molar-refractivity contribution in [2.45, 2.75) is 157 Å². The van der Waals surface area contributed by atoms with Gasteiger partial charge in [-0.1, -0.05) is 124 Å². The summed E-state index contributed by atoms with van der Waals surface area (Å²) in [4.78, 5) is 0. The summed E-state index contributed by atoms with van der Waals surface area (Å²) in [7, 11) is -1.66. The molecule has 4 heteroatoms. The first-order chi connectivity index (χ1) is 23.5. The molecule has 260 valence electrons. The highest BCUT2D eigenvalue weighted by molar-refractivity contribution is 7.42. The minimum absolute atomic E-state index is 0.175. The van der Waals surface area contributed by atoms with Gasteiger partial charge in [0, 0.05) is 0 Å². The predicted octanol–water partition coefficient (Wildman–Crippen LogP) is 13.7. The Kier molecular flexibility index (Phi) is 14.1. The molecule has 0 amide bonds. The highest BCUT2D eigenvalue weighted by atomic mass is 31.2. The van der Waals surface area contributed by atoms with E-state index in [2.05, 4.69) is 90.1 Å². The third kappa shape index (κ3) is 9.34. The van der Waals surface area contributed by atoms with E-state index in [0.717, 1.165) is 101 Å². The first-order valence-electron chi connectivity index (χ1n) is 19.5. The van der Waals surface area contributed by atoms with Gasteiger partial charge in [-0.3, -0.25) is 4.52 Å². The molecule has 3 nitrogen and oxygen atoms in total. The second-order valence-electron chi connectivity index (χ2n) is 14.1. The molecule has 4 aromatic rings. The van der Waals surface area contributed by atoms with E-state index in [0.29, 0.717) is 0 Å². The number of benzene rings is 4. The molecule has 0 N–H and O–H groups in total. The van der Waals surface area contributed by atoms with E-state index in [1.807, 2.05) is 0 Å².